The molecular formula is C16H23BrN2OS. The number of amides is 1. The summed E-state index contributed by atoms with van der Waals surface area (Å²) in [5, 5.41) is 2.98. The molecule has 1 N–H and O–H groups in total. The summed E-state index contributed by atoms with van der Waals surface area (Å²) in [6.07, 6.45) is 4.95. The molecule has 1 aromatic carbocycles. The lowest BCUT2D eigenvalue weighted by molar-refractivity contribution is 0.0946. The summed E-state index contributed by atoms with van der Waals surface area (Å²) in [5.41, 5.74) is 0.632. The number of carbonyl (C=O) groups is 1. The molecule has 21 heavy (non-hydrogen) atoms. The predicted octanol–water partition coefficient (Wildman–Crippen LogP) is 3.73. The van der Waals surface area contributed by atoms with Gasteiger partial charge >= 0.3 is 0 Å². The molecule has 1 aliphatic heterocycles. The van der Waals surface area contributed by atoms with Crippen LogP contribution in [-0.2, 0) is 0 Å². The highest BCUT2D eigenvalue weighted by Crippen LogP contribution is 2.20. The molecule has 0 radical (unpaired) electrons. The summed E-state index contributed by atoms with van der Waals surface area (Å²) in [4.78, 5) is 15.3. The van der Waals surface area contributed by atoms with E-state index in [-0.39, 0.29) is 5.91 Å². The average Bonchev–Trinajstić information content (AvgIpc) is 2.45. The van der Waals surface area contributed by atoms with Crippen molar-refractivity contribution >= 4 is 34.5 Å². The third-order valence-corrected chi connectivity index (χ3v) is 4.92. The second-order valence-electron chi connectivity index (χ2n) is 5.65. The van der Waals surface area contributed by atoms with Crippen LogP contribution in [0.5, 0.6) is 0 Å². The smallest absolute Gasteiger partial charge is 0.252 e. The number of thiol groups is 1. The van der Waals surface area contributed by atoms with Crippen molar-refractivity contribution in [3.8, 4) is 0 Å². The molecule has 1 aromatic rings. The van der Waals surface area contributed by atoms with E-state index in [1.807, 2.05) is 12.1 Å². The molecule has 3 nitrogen and oxygen atoms in total. The Kier molecular flexibility index (Phi) is 6.58. The minimum atomic E-state index is -0.0424. The van der Waals surface area contributed by atoms with Crippen LogP contribution in [0.1, 0.15) is 43.0 Å². The monoisotopic (exact) mass is 370 g/mol. The number of hydrogen-bond donors (Lipinski definition) is 2. The van der Waals surface area contributed by atoms with Crippen LogP contribution in [0, 0.1) is 0 Å². The molecule has 1 atom stereocenters. The van der Waals surface area contributed by atoms with Crippen molar-refractivity contribution in [3.05, 3.63) is 28.2 Å². The van der Waals surface area contributed by atoms with Gasteiger partial charge in [0, 0.05) is 28.5 Å². The maximum Gasteiger partial charge on any atom is 0.252 e. The molecule has 0 spiro atoms. The lowest BCUT2D eigenvalue weighted by atomic mass is 10.0. The largest absolute Gasteiger partial charge is 0.352 e. The summed E-state index contributed by atoms with van der Waals surface area (Å²) in [6.45, 7) is 5.27. The van der Waals surface area contributed by atoms with E-state index in [0.29, 0.717) is 23.0 Å². The third-order valence-electron chi connectivity index (χ3n) is 4.05. The van der Waals surface area contributed by atoms with Crippen molar-refractivity contribution in [3.63, 3.8) is 0 Å². The quantitative estimate of drug-likeness (QED) is 0.611. The number of likely N-dealkylation sites (tertiary alicyclic amines) is 1. The highest BCUT2D eigenvalue weighted by atomic mass is 79.9. The fourth-order valence-corrected chi connectivity index (χ4v) is 3.62. The number of rotatable bonds is 5. The number of piperidine rings is 1. The highest BCUT2D eigenvalue weighted by molar-refractivity contribution is 9.10. The molecule has 1 fully saturated rings. The standard InChI is InChI=1S/C16H23BrN2OS/c1-12-5-2-3-9-19(12)10-4-8-18-16(20)14-7-6-13(17)11-15(14)21/h6-7,11-12,21H,2-5,8-10H2,1H3,(H,18,20). The lowest BCUT2D eigenvalue weighted by Crippen LogP contribution is -2.39. The van der Waals surface area contributed by atoms with Crippen LogP contribution < -0.4 is 5.32 Å². The molecule has 0 aromatic heterocycles. The Hall–Kier alpha value is -0.520. The molecule has 0 aliphatic carbocycles. The number of nitrogens with one attached hydrogen (secondary N) is 1. The maximum atomic E-state index is 12.1. The zero-order valence-corrected chi connectivity index (χ0v) is 14.9. The zero-order chi connectivity index (χ0) is 15.2. The number of hydrogen-bond acceptors (Lipinski definition) is 3. The number of benzene rings is 1. The van der Waals surface area contributed by atoms with Gasteiger partial charge in [0.15, 0.2) is 0 Å². The van der Waals surface area contributed by atoms with E-state index in [4.69, 9.17) is 0 Å². The summed E-state index contributed by atoms with van der Waals surface area (Å²) in [7, 11) is 0. The van der Waals surface area contributed by atoms with Crippen molar-refractivity contribution in [1.29, 1.82) is 0 Å². The molecule has 5 heteroatoms. The normalized spacial score (nSPS) is 19.5. The van der Waals surface area contributed by atoms with Crippen molar-refractivity contribution < 1.29 is 4.79 Å². The van der Waals surface area contributed by atoms with E-state index in [1.165, 1.54) is 25.8 Å². The fourth-order valence-electron chi connectivity index (χ4n) is 2.77. The lowest BCUT2D eigenvalue weighted by Gasteiger charge is -2.33. The van der Waals surface area contributed by atoms with Gasteiger partial charge in [0.25, 0.3) is 5.91 Å². The first-order valence-electron chi connectivity index (χ1n) is 7.58. The van der Waals surface area contributed by atoms with Gasteiger partial charge in [-0.15, -0.1) is 12.6 Å². The molecule has 1 aliphatic rings. The van der Waals surface area contributed by atoms with Crippen molar-refractivity contribution in [2.24, 2.45) is 0 Å². The van der Waals surface area contributed by atoms with Crippen molar-refractivity contribution in [2.45, 2.75) is 43.5 Å². The van der Waals surface area contributed by atoms with Crippen molar-refractivity contribution in [1.82, 2.24) is 10.2 Å². The van der Waals surface area contributed by atoms with Crippen LogP contribution in [0.15, 0.2) is 27.6 Å². The first-order valence-corrected chi connectivity index (χ1v) is 8.82. The van der Waals surface area contributed by atoms with Crippen LogP contribution in [0.3, 0.4) is 0 Å². The van der Waals surface area contributed by atoms with Crippen LogP contribution in [0.25, 0.3) is 0 Å². The van der Waals surface area contributed by atoms with Gasteiger partial charge in [0.2, 0.25) is 0 Å². The van der Waals surface area contributed by atoms with Gasteiger partial charge in [-0.25, -0.2) is 0 Å². The Morgan fingerprint density at radius 2 is 2.29 bits per heavy atom. The van der Waals surface area contributed by atoms with E-state index >= 15 is 0 Å². The second kappa shape index (κ2) is 8.20. The Labute approximate surface area is 141 Å². The van der Waals surface area contributed by atoms with Crippen molar-refractivity contribution in [2.75, 3.05) is 19.6 Å². The SMILES string of the molecule is CC1CCCCN1CCCNC(=O)c1ccc(Br)cc1S. The molecule has 1 saturated heterocycles. The van der Waals surface area contributed by atoms with Crippen LogP contribution in [-0.4, -0.2) is 36.5 Å². The maximum absolute atomic E-state index is 12.1. The van der Waals surface area contributed by atoms with E-state index < -0.39 is 0 Å². The number of carbonyl (C=O) groups excluding carboxylic acids is 1. The number of nitrogens with zero attached hydrogens (tertiary/aromatic N) is 1. The Balaban J connectivity index is 1.74. The fraction of sp³-hybridized carbons (Fsp3) is 0.562. The van der Waals surface area contributed by atoms with Gasteiger partial charge in [0.1, 0.15) is 0 Å². The third kappa shape index (κ3) is 5.01. The van der Waals surface area contributed by atoms with E-state index in [0.717, 1.165) is 17.4 Å². The minimum absolute atomic E-state index is 0.0424. The summed E-state index contributed by atoms with van der Waals surface area (Å²) >= 11 is 7.72. The molecule has 116 valence electrons. The predicted molar refractivity (Wildman–Crippen MR) is 93.2 cm³/mol. The molecule has 0 bridgehead atoms. The molecule has 0 saturated carbocycles. The average molecular weight is 371 g/mol. The summed E-state index contributed by atoms with van der Waals surface area (Å²) in [6, 6.07) is 6.19. The van der Waals surface area contributed by atoms with E-state index in [1.54, 1.807) is 6.07 Å². The first-order chi connectivity index (χ1) is 10.1. The topological polar surface area (TPSA) is 32.3 Å². The summed E-state index contributed by atoms with van der Waals surface area (Å²) in [5.74, 6) is -0.0424. The molecule has 1 heterocycles. The summed E-state index contributed by atoms with van der Waals surface area (Å²) < 4.78 is 0.933. The van der Waals surface area contributed by atoms with Gasteiger partial charge in [-0.3, -0.25) is 4.79 Å². The molecular weight excluding hydrogens is 348 g/mol. The molecule has 1 unspecified atom stereocenters. The second-order valence-corrected chi connectivity index (χ2v) is 7.05. The van der Waals surface area contributed by atoms with Crippen LogP contribution in [0.4, 0.5) is 0 Å². The van der Waals surface area contributed by atoms with Gasteiger partial charge in [-0.1, -0.05) is 22.4 Å². The van der Waals surface area contributed by atoms with E-state index in [2.05, 4.69) is 45.7 Å². The first kappa shape index (κ1) is 16.8. The van der Waals surface area contributed by atoms with Crippen LogP contribution in [0.2, 0.25) is 0 Å². The van der Waals surface area contributed by atoms with Crippen LogP contribution >= 0.6 is 28.6 Å². The molecule has 1 amide bonds. The van der Waals surface area contributed by atoms with E-state index in [9.17, 15) is 4.79 Å². The van der Waals surface area contributed by atoms with Gasteiger partial charge in [-0.2, -0.15) is 0 Å². The molecule has 2 rings (SSSR count). The zero-order valence-electron chi connectivity index (χ0n) is 12.4. The van der Waals surface area contributed by atoms with Gasteiger partial charge in [0.05, 0.1) is 5.56 Å². The highest BCUT2D eigenvalue weighted by Gasteiger charge is 2.17. The Morgan fingerprint density at radius 1 is 1.48 bits per heavy atom. The number of halogens is 1. The Morgan fingerprint density at radius 3 is 3.00 bits per heavy atom. The minimum Gasteiger partial charge on any atom is -0.352 e. The van der Waals surface area contributed by atoms with Gasteiger partial charge < -0.3 is 10.2 Å². The van der Waals surface area contributed by atoms with Gasteiger partial charge in [-0.05, 0) is 50.9 Å². The Bertz CT molecular complexity index is 495.